The van der Waals surface area contributed by atoms with E-state index in [9.17, 15) is 4.79 Å². The zero-order valence-corrected chi connectivity index (χ0v) is 10.4. The van der Waals surface area contributed by atoms with Gasteiger partial charge in [0.2, 0.25) is 5.95 Å². The number of hydrogen-bond donors (Lipinski definition) is 2. The first kappa shape index (κ1) is 12.4. The number of nitrogen functional groups attached to an aromatic ring is 1. The molecular formula is C12H16N4O2. The molecule has 0 radical (unpaired) electrons. The van der Waals surface area contributed by atoms with Crippen LogP contribution in [-0.2, 0) is 11.8 Å². The molecule has 2 rings (SSSR count). The molecule has 1 amide bonds. The molecule has 1 aromatic carbocycles. The van der Waals surface area contributed by atoms with Gasteiger partial charge in [-0.05, 0) is 18.2 Å². The maximum Gasteiger partial charge on any atom is 0.251 e. The first-order valence-electron chi connectivity index (χ1n) is 5.62. The van der Waals surface area contributed by atoms with Gasteiger partial charge in [0.15, 0.2) is 0 Å². The van der Waals surface area contributed by atoms with Crippen molar-refractivity contribution >= 4 is 22.9 Å². The summed E-state index contributed by atoms with van der Waals surface area (Å²) < 4.78 is 6.65. The second kappa shape index (κ2) is 5.05. The van der Waals surface area contributed by atoms with Gasteiger partial charge in [-0.2, -0.15) is 0 Å². The molecule has 0 atom stereocenters. The molecule has 96 valence electrons. The Bertz CT molecular complexity index is 577. The minimum absolute atomic E-state index is 0.141. The van der Waals surface area contributed by atoms with Gasteiger partial charge in [-0.1, -0.05) is 0 Å². The number of hydrogen-bond acceptors (Lipinski definition) is 4. The number of ether oxygens (including phenoxy) is 1. The van der Waals surface area contributed by atoms with E-state index < -0.39 is 0 Å². The lowest BCUT2D eigenvalue weighted by molar-refractivity contribution is 0.0937. The lowest BCUT2D eigenvalue weighted by Crippen LogP contribution is -2.26. The van der Waals surface area contributed by atoms with Crippen LogP contribution in [0.2, 0.25) is 0 Å². The number of nitrogens with one attached hydrogen (secondary N) is 1. The van der Waals surface area contributed by atoms with Gasteiger partial charge in [0.1, 0.15) is 0 Å². The number of anilines is 1. The number of nitrogens with two attached hydrogens (primary N) is 1. The highest BCUT2D eigenvalue weighted by Gasteiger charge is 2.09. The summed E-state index contributed by atoms with van der Waals surface area (Å²) in [6, 6.07) is 5.32. The predicted molar refractivity (Wildman–Crippen MR) is 69.3 cm³/mol. The Balaban J connectivity index is 2.22. The summed E-state index contributed by atoms with van der Waals surface area (Å²) in [5, 5.41) is 2.76. The van der Waals surface area contributed by atoms with Crippen LogP contribution in [0.15, 0.2) is 18.2 Å². The molecule has 0 saturated carbocycles. The highest BCUT2D eigenvalue weighted by Crippen LogP contribution is 2.17. The largest absolute Gasteiger partial charge is 0.383 e. The summed E-state index contributed by atoms with van der Waals surface area (Å²) in [4.78, 5) is 16.0. The van der Waals surface area contributed by atoms with Crippen molar-refractivity contribution in [2.24, 2.45) is 7.05 Å². The van der Waals surface area contributed by atoms with E-state index in [4.69, 9.17) is 10.5 Å². The normalized spacial score (nSPS) is 10.8. The average molecular weight is 248 g/mol. The molecule has 0 fully saturated rings. The summed E-state index contributed by atoms with van der Waals surface area (Å²) >= 11 is 0. The van der Waals surface area contributed by atoms with Gasteiger partial charge in [0.05, 0.1) is 17.6 Å². The Morgan fingerprint density at radius 2 is 2.33 bits per heavy atom. The quantitative estimate of drug-likeness (QED) is 0.773. The fourth-order valence-corrected chi connectivity index (χ4v) is 1.73. The first-order chi connectivity index (χ1) is 8.63. The van der Waals surface area contributed by atoms with Crippen molar-refractivity contribution in [3.05, 3.63) is 23.8 Å². The van der Waals surface area contributed by atoms with Gasteiger partial charge in [-0.15, -0.1) is 0 Å². The van der Waals surface area contributed by atoms with E-state index in [0.717, 1.165) is 11.0 Å². The van der Waals surface area contributed by atoms with Crippen molar-refractivity contribution in [3.63, 3.8) is 0 Å². The summed E-state index contributed by atoms with van der Waals surface area (Å²) in [5.41, 5.74) is 7.90. The van der Waals surface area contributed by atoms with Crippen molar-refractivity contribution in [2.45, 2.75) is 0 Å². The molecule has 0 aliphatic carbocycles. The van der Waals surface area contributed by atoms with Crippen molar-refractivity contribution in [1.29, 1.82) is 0 Å². The minimum Gasteiger partial charge on any atom is -0.383 e. The summed E-state index contributed by atoms with van der Waals surface area (Å²) in [6.45, 7) is 0.974. The van der Waals surface area contributed by atoms with Crippen LogP contribution in [0.4, 0.5) is 5.95 Å². The van der Waals surface area contributed by atoms with Crippen LogP contribution in [0, 0.1) is 0 Å². The summed E-state index contributed by atoms with van der Waals surface area (Å²) in [6.07, 6.45) is 0. The third kappa shape index (κ3) is 2.28. The van der Waals surface area contributed by atoms with Gasteiger partial charge in [-0.3, -0.25) is 4.79 Å². The lowest BCUT2D eigenvalue weighted by atomic mass is 10.2. The maximum atomic E-state index is 11.8. The van der Waals surface area contributed by atoms with Crippen LogP contribution in [0.5, 0.6) is 0 Å². The van der Waals surface area contributed by atoms with Crippen molar-refractivity contribution in [1.82, 2.24) is 14.9 Å². The van der Waals surface area contributed by atoms with E-state index in [2.05, 4.69) is 10.3 Å². The molecule has 18 heavy (non-hydrogen) atoms. The molecule has 0 saturated heterocycles. The number of rotatable bonds is 4. The Morgan fingerprint density at radius 1 is 1.56 bits per heavy atom. The maximum absolute atomic E-state index is 11.8. The first-order valence-corrected chi connectivity index (χ1v) is 5.62. The fourth-order valence-electron chi connectivity index (χ4n) is 1.73. The molecule has 2 aromatic rings. The molecule has 0 spiro atoms. The monoisotopic (exact) mass is 248 g/mol. The number of carbonyl (C=O) groups excluding carboxylic acids is 1. The molecule has 6 heteroatoms. The average Bonchev–Trinajstić information content (AvgIpc) is 2.65. The van der Waals surface area contributed by atoms with Crippen molar-refractivity contribution in [3.8, 4) is 0 Å². The number of benzene rings is 1. The fraction of sp³-hybridized carbons (Fsp3) is 0.333. The SMILES string of the molecule is COCCNC(=O)c1ccc2c(c1)nc(N)n2C. The molecule has 1 heterocycles. The molecular weight excluding hydrogens is 232 g/mol. The number of nitrogens with zero attached hydrogens (tertiary/aromatic N) is 2. The molecule has 0 aliphatic heterocycles. The van der Waals surface area contributed by atoms with Crippen LogP contribution in [0.1, 0.15) is 10.4 Å². The van der Waals surface area contributed by atoms with Crippen LogP contribution < -0.4 is 11.1 Å². The zero-order chi connectivity index (χ0) is 13.1. The Hall–Kier alpha value is -2.08. The van der Waals surface area contributed by atoms with Crippen LogP contribution in [0.3, 0.4) is 0 Å². The van der Waals surface area contributed by atoms with E-state index in [0.29, 0.717) is 24.7 Å². The van der Waals surface area contributed by atoms with Crippen LogP contribution in [-0.4, -0.2) is 35.7 Å². The van der Waals surface area contributed by atoms with Crippen LogP contribution in [0.25, 0.3) is 11.0 Å². The number of amides is 1. The number of imidazole rings is 1. The third-order valence-corrected chi connectivity index (χ3v) is 2.77. The molecule has 0 bridgehead atoms. The van der Waals surface area contributed by atoms with E-state index in [-0.39, 0.29) is 5.91 Å². The second-order valence-corrected chi connectivity index (χ2v) is 3.98. The minimum atomic E-state index is -0.141. The lowest BCUT2D eigenvalue weighted by Gasteiger charge is -2.04. The van der Waals surface area contributed by atoms with E-state index >= 15 is 0 Å². The highest BCUT2D eigenvalue weighted by atomic mass is 16.5. The van der Waals surface area contributed by atoms with Gasteiger partial charge in [0, 0.05) is 26.3 Å². The Labute approximate surface area is 105 Å². The van der Waals surface area contributed by atoms with Gasteiger partial charge in [0.25, 0.3) is 5.91 Å². The number of methoxy groups -OCH3 is 1. The number of carbonyl (C=O) groups is 1. The van der Waals surface area contributed by atoms with Crippen LogP contribution >= 0.6 is 0 Å². The third-order valence-electron chi connectivity index (χ3n) is 2.77. The topological polar surface area (TPSA) is 82.2 Å². The predicted octanol–water partition coefficient (Wildman–Crippen LogP) is 0.532. The molecule has 1 aromatic heterocycles. The number of fused-ring (bicyclic) bond motifs is 1. The smallest absolute Gasteiger partial charge is 0.251 e. The highest BCUT2D eigenvalue weighted by molar-refractivity contribution is 5.97. The molecule has 0 unspecified atom stereocenters. The molecule has 6 nitrogen and oxygen atoms in total. The van der Waals surface area contributed by atoms with Gasteiger partial charge >= 0.3 is 0 Å². The summed E-state index contributed by atoms with van der Waals surface area (Å²) in [5.74, 6) is 0.292. The second-order valence-electron chi connectivity index (χ2n) is 3.98. The number of aromatic nitrogens is 2. The van der Waals surface area contributed by atoms with Gasteiger partial charge in [-0.25, -0.2) is 4.98 Å². The molecule has 3 N–H and O–H groups in total. The van der Waals surface area contributed by atoms with Crippen molar-refractivity contribution in [2.75, 3.05) is 26.0 Å². The van der Waals surface area contributed by atoms with Gasteiger partial charge < -0.3 is 20.4 Å². The number of aryl methyl sites for hydroxylation is 1. The Morgan fingerprint density at radius 3 is 3.06 bits per heavy atom. The van der Waals surface area contributed by atoms with E-state index in [1.807, 2.05) is 13.1 Å². The summed E-state index contributed by atoms with van der Waals surface area (Å²) in [7, 11) is 3.43. The Kier molecular flexibility index (Phi) is 3.47. The van der Waals surface area contributed by atoms with E-state index in [1.165, 1.54) is 0 Å². The molecule has 0 aliphatic rings. The standard InChI is InChI=1S/C12H16N4O2/c1-16-10-4-3-8(7-9(10)15-12(16)13)11(17)14-5-6-18-2/h3-4,7H,5-6H2,1-2H3,(H2,13,15)(H,14,17). The van der Waals surface area contributed by atoms with E-state index in [1.54, 1.807) is 23.8 Å². The zero-order valence-electron chi connectivity index (χ0n) is 10.4. The van der Waals surface area contributed by atoms with Crippen molar-refractivity contribution < 1.29 is 9.53 Å².